The number of ketones is 2. The van der Waals surface area contributed by atoms with Crippen LogP contribution in [-0.2, 0) is 9.59 Å². The predicted molar refractivity (Wildman–Crippen MR) is 105 cm³/mol. The molecule has 3 saturated carbocycles. The van der Waals surface area contributed by atoms with Crippen LogP contribution in [0.5, 0.6) is 0 Å². The van der Waals surface area contributed by atoms with Gasteiger partial charge in [0.15, 0.2) is 11.6 Å². The summed E-state index contributed by atoms with van der Waals surface area (Å²) in [6, 6.07) is 0. The molecule has 5 nitrogen and oxygen atoms in total. The van der Waals surface area contributed by atoms with E-state index in [4.69, 9.17) is 11.6 Å². The van der Waals surface area contributed by atoms with E-state index < -0.39 is 57.5 Å². The van der Waals surface area contributed by atoms with Crippen LogP contribution in [-0.4, -0.2) is 50.1 Å². The number of hydrogen-bond acceptors (Lipinski definition) is 5. The first-order chi connectivity index (χ1) is 13.4. The van der Waals surface area contributed by atoms with E-state index in [2.05, 4.69) is 0 Å². The zero-order chi connectivity index (χ0) is 21.6. The zero-order valence-corrected chi connectivity index (χ0v) is 17.7. The number of carbonyl (C=O) groups is 2. The Bertz CT molecular complexity index is 854. The first-order valence-corrected chi connectivity index (χ1v) is 10.6. The van der Waals surface area contributed by atoms with Crippen molar-refractivity contribution in [2.24, 2.45) is 28.6 Å². The minimum Gasteiger partial charge on any atom is -0.511 e. The minimum absolute atomic E-state index is 0.0713. The molecule has 29 heavy (non-hydrogen) atoms. The summed E-state index contributed by atoms with van der Waals surface area (Å²) in [5.41, 5.74) is -3.56. The number of rotatable bonds is 2. The van der Waals surface area contributed by atoms with Gasteiger partial charge in [-0.3, -0.25) is 9.59 Å². The Hall–Kier alpha value is -1.24. The van der Waals surface area contributed by atoms with E-state index in [1.807, 2.05) is 6.92 Å². The second kappa shape index (κ2) is 6.14. The van der Waals surface area contributed by atoms with Gasteiger partial charge in [0.05, 0.1) is 10.3 Å². The lowest BCUT2D eigenvalue weighted by Gasteiger charge is -2.62. The molecule has 0 radical (unpaired) electrons. The van der Waals surface area contributed by atoms with Crippen molar-refractivity contribution in [2.45, 2.75) is 63.1 Å². The highest BCUT2D eigenvalue weighted by Crippen LogP contribution is 2.72. The maximum absolute atomic E-state index is 15.4. The summed E-state index contributed by atoms with van der Waals surface area (Å²) >= 11 is 7.25. The van der Waals surface area contributed by atoms with Crippen molar-refractivity contribution in [3.63, 3.8) is 0 Å². The molecule has 0 aromatic carbocycles. The quantitative estimate of drug-likeness (QED) is 0.590. The highest BCUT2D eigenvalue weighted by Gasteiger charge is 2.74. The van der Waals surface area contributed by atoms with Crippen LogP contribution in [0.2, 0.25) is 0 Å². The average Bonchev–Trinajstić information content (AvgIpc) is 2.87. The molecule has 7 heteroatoms. The van der Waals surface area contributed by atoms with Gasteiger partial charge in [-0.05, 0) is 62.0 Å². The van der Waals surface area contributed by atoms with Crippen molar-refractivity contribution < 1.29 is 29.3 Å². The average molecular weight is 427 g/mol. The van der Waals surface area contributed by atoms with Gasteiger partial charge in [-0.2, -0.15) is 0 Å². The molecule has 0 heterocycles. The van der Waals surface area contributed by atoms with Crippen molar-refractivity contribution in [1.29, 1.82) is 0 Å². The van der Waals surface area contributed by atoms with E-state index in [1.165, 1.54) is 6.08 Å². The summed E-state index contributed by atoms with van der Waals surface area (Å²) in [7, 11) is 0. The van der Waals surface area contributed by atoms with Gasteiger partial charge in [0.25, 0.3) is 0 Å². The Balaban J connectivity index is 1.84. The Morgan fingerprint density at radius 2 is 1.90 bits per heavy atom. The number of carbonyl (C=O) groups excluding carboxylic acids is 2. The van der Waals surface area contributed by atoms with Gasteiger partial charge >= 0.3 is 0 Å². The molecule has 0 amide bonds. The lowest BCUT2D eigenvalue weighted by molar-refractivity contribution is -0.169. The maximum Gasteiger partial charge on any atom is 0.190 e. The number of aliphatic hydroxyl groups is 3. The fourth-order valence-corrected chi connectivity index (χ4v) is 7.79. The van der Waals surface area contributed by atoms with Crippen LogP contribution in [0.1, 0.15) is 46.5 Å². The second-order valence-electron chi connectivity index (χ2n) is 9.84. The number of Topliss-reactive ketones (excluding diaryl/α,β-unsaturated/α-hetero) is 1. The number of allylic oxidation sites excluding steroid dienone is 3. The van der Waals surface area contributed by atoms with Crippen molar-refractivity contribution in [2.75, 3.05) is 6.61 Å². The lowest BCUT2D eigenvalue weighted by atomic mass is 9.46. The molecule has 4 aliphatic carbocycles. The molecule has 0 aromatic rings. The van der Waals surface area contributed by atoms with Gasteiger partial charge in [0, 0.05) is 11.5 Å². The normalized spacial score (nSPS) is 51.5. The molecule has 160 valence electrons. The third kappa shape index (κ3) is 2.23. The largest absolute Gasteiger partial charge is 0.511 e. The minimum atomic E-state index is -1.70. The SMILES string of the molecule is C[C@@H]1C[C@H]2[C@@H]3C[C@H](F)C4=CC(=O)C=C(O)[C@]4(C)C3(Cl)CC[C@]2(C)[C@@]1(O)C(=O)CO. The van der Waals surface area contributed by atoms with E-state index in [1.54, 1.807) is 13.8 Å². The van der Waals surface area contributed by atoms with Gasteiger partial charge in [-0.15, -0.1) is 11.6 Å². The Kier molecular flexibility index (Phi) is 4.45. The molecule has 0 saturated heterocycles. The second-order valence-corrected chi connectivity index (χ2v) is 10.5. The standard InChI is InChI=1S/C22H28ClFO5/c1-11-6-13-14-9-16(24)15-7-12(26)8-17(27)20(15,3)21(14,23)5-4-19(13,2)22(11,29)18(28)10-25/h7-8,11,13-14,16,25,27,29H,4-6,9-10H2,1-3H3/t11-,13+,14+,16+,19+,20-,21?,22+/m1/s1. The summed E-state index contributed by atoms with van der Waals surface area (Å²) < 4.78 is 15.4. The molecule has 3 fully saturated rings. The molecular weight excluding hydrogens is 399 g/mol. The van der Waals surface area contributed by atoms with E-state index in [9.17, 15) is 24.9 Å². The molecular formula is C22H28ClFO5. The summed E-state index contributed by atoms with van der Waals surface area (Å²) in [6.45, 7) is 4.56. The third-order valence-corrected chi connectivity index (χ3v) is 9.80. The highest BCUT2D eigenvalue weighted by molar-refractivity contribution is 6.25. The fourth-order valence-electron chi connectivity index (χ4n) is 7.25. The molecule has 1 unspecified atom stereocenters. The van der Waals surface area contributed by atoms with Crippen LogP contribution in [0.15, 0.2) is 23.5 Å². The van der Waals surface area contributed by atoms with E-state index in [-0.39, 0.29) is 23.7 Å². The first kappa shape index (κ1) is 21.0. The maximum atomic E-state index is 15.4. The Morgan fingerprint density at radius 1 is 1.24 bits per heavy atom. The Labute approximate surface area is 174 Å². The van der Waals surface area contributed by atoms with Crippen molar-refractivity contribution in [3.8, 4) is 0 Å². The monoisotopic (exact) mass is 426 g/mol. The van der Waals surface area contributed by atoms with Crippen LogP contribution in [0.25, 0.3) is 0 Å². The van der Waals surface area contributed by atoms with Gasteiger partial charge in [-0.25, -0.2) is 4.39 Å². The van der Waals surface area contributed by atoms with Crippen molar-refractivity contribution in [3.05, 3.63) is 23.5 Å². The summed E-state index contributed by atoms with van der Waals surface area (Å²) in [5, 5.41) is 31.7. The summed E-state index contributed by atoms with van der Waals surface area (Å²) in [4.78, 5) is 23.5. The topological polar surface area (TPSA) is 94.8 Å². The van der Waals surface area contributed by atoms with Gasteiger partial charge in [-0.1, -0.05) is 13.8 Å². The van der Waals surface area contributed by atoms with Crippen molar-refractivity contribution in [1.82, 2.24) is 0 Å². The molecule has 4 aliphatic rings. The van der Waals surface area contributed by atoms with Gasteiger partial charge in [0.1, 0.15) is 24.1 Å². The molecule has 0 bridgehead atoms. The summed E-state index contributed by atoms with van der Waals surface area (Å²) in [5.74, 6) is -2.36. The smallest absolute Gasteiger partial charge is 0.190 e. The van der Waals surface area contributed by atoms with Crippen LogP contribution in [0.4, 0.5) is 4.39 Å². The number of aliphatic hydroxyl groups excluding tert-OH is 2. The molecule has 8 atom stereocenters. The number of hydrogen-bond donors (Lipinski definition) is 3. The van der Waals surface area contributed by atoms with Crippen LogP contribution in [0.3, 0.4) is 0 Å². The predicted octanol–water partition coefficient (Wildman–Crippen LogP) is 3.03. The highest BCUT2D eigenvalue weighted by atomic mass is 35.5. The molecule has 0 spiro atoms. The van der Waals surface area contributed by atoms with Crippen LogP contribution < -0.4 is 0 Å². The molecule has 4 rings (SSSR count). The van der Waals surface area contributed by atoms with Gasteiger partial charge < -0.3 is 15.3 Å². The Morgan fingerprint density at radius 3 is 2.52 bits per heavy atom. The molecule has 0 aromatic heterocycles. The van der Waals surface area contributed by atoms with Crippen LogP contribution >= 0.6 is 11.6 Å². The fraction of sp³-hybridized carbons (Fsp3) is 0.727. The van der Waals surface area contributed by atoms with E-state index in [0.29, 0.717) is 19.3 Å². The summed E-state index contributed by atoms with van der Waals surface area (Å²) in [6.07, 6.45) is 2.19. The lowest BCUT2D eigenvalue weighted by Crippen LogP contribution is -2.65. The molecule has 3 N–H and O–H groups in total. The first-order valence-electron chi connectivity index (χ1n) is 10.2. The van der Waals surface area contributed by atoms with Gasteiger partial charge in [0.2, 0.25) is 0 Å². The third-order valence-electron chi connectivity index (χ3n) is 8.96. The van der Waals surface area contributed by atoms with E-state index >= 15 is 4.39 Å². The number of alkyl halides is 2. The molecule has 0 aliphatic heterocycles. The van der Waals surface area contributed by atoms with Crippen molar-refractivity contribution >= 4 is 23.2 Å². The number of fused-ring (bicyclic) bond motifs is 5. The zero-order valence-electron chi connectivity index (χ0n) is 16.9. The number of halogens is 2. The van der Waals surface area contributed by atoms with Crippen LogP contribution in [0, 0.1) is 28.6 Å². The van der Waals surface area contributed by atoms with E-state index in [0.717, 1.165) is 6.08 Å².